The number of para-hydroxylation sites is 2. The fraction of sp³-hybridized carbons (Fsp3) is 0.0909. The Balaban J connectivity index is 1.37. The molecule has 0 saturated carbocycles. The Morgan fingerprint density at radius 2 is 1.09 bits per heavy atom. The summed E-state index contributed by atoms with van der Waals surface area (Å²) < 4.78 is 2.58. The fourth-order valence-electron chi connectivity index (χ4n) is 7.10. The van der Waals surface area contributed by atoms with Crippen LogP contribution < -0.4 is 0 Å². The van der Waals surface area contributed by atoms with Gasteiger partial charge < -0.3 is 4.57 Å². The normalized spacial score (nSPS) is 14.1. The SMILES string of the molecule is c1ccc2c(c1)Cc1c-2ccc2c1Cc1c-2ccc2c3cccc4c3n(c12)-c1ccccc1C4. The third kappa shape index (κ3) is 1.94. The third-order valence-electron chi connectivity index (χ3n) is 8.50. The molecule has 158 valence electrons. The van der Waals surface area contributed by atoms with Crippen molar-refractivity contribution in [1.82, 2.24) is 4.57 Å². The molecule has 1 aliphatic heterocycles. The molecule has 0 unspecified atom stereocenters. The summed E-state index contributed by atoms with van der Waals surface area (Å²) in [5.41, 5.74) is 18.8. The van der Waals surface area contributed by atoms with E-state index in [1.165, 1.54) is 72.0 Å². The number of benzene rings is 5. The molecule has 3 aliphatic rings. The van der Waals surface area contributed by atoms with Crippen LogP contribution in [0, 0.1) is 0 Å². The van der Waals surface area contributed by atoms with Gasteiger partial charge in [-0.3, -0.25) is 0 Å². The lowest BCUT2D eigenvalue weighted by Gasteiger charge is -2.21. The maximum absolute atomic E-state index is 2.58. The number of fused-ring (bicyclic) bond motifs is 13. The summed E-state index contributed by atoms with van der Waals surface area (Å²) in [4.78, 5) is 0. The van der Waals surface area contributed by atoms with Crippen molar-refractivity contribution in [1.29, 1.82) is 0 Å². The van der Waals surface area contributed by atoms with Crippen LogP contribution in [0.3, 0.4) is 0 Å². The molecule has 0 radical (unpaired) electrons. The minimum Gasteiger partial charge on any atom is -0.308 e. The van der Waals surface area contributed by atoms with Gasteiger partial charge in [0, 0.05) is 29.3 Å². The van der Waals surface area contributed by atoms with Crippen molar-refractivity contribution in [2.75, 3.05) is 0 Å². The standard InChI is InChI=1S/C33H21N/c1-3-9-22-19(6-1)17-28-23(22)12-13-24-25-14-15-27-26-10-5-8-21-16-20-7-2-4-11-31(20)34(32(21)26)33(27)30(25)18-29(24)28/h1-15H,16-18H2. The predicted octanol–water partition coefficient (Wildman–Crippen LogP) is 7.83. The van der Waals surface area contributed by atoms with Crippen LogP contribution in [0.5, 0.6) is 0 Å². The summed E-state index contributed by atoms with van der Waals surface area (Å²) in [6.45, 7) is 0. The van der Waals surface area contributed by atoms with Crippen LogP contribution in [0.15, 0.2) is 91.0 Å². The van der Waals surface area contributed by atoms with Crippen molar-refractivity contribution in [3.63, 3.8) is 0 Å². The molecule has 5 aromatic carbocycles. The number of hydrogen-bond acceptors (Lipinski definition) is 0. The van der Waals surface area contributed by atoms with E-state index in [0.29, 0.717) is 0 Å². The lowest BCUT2D eigenvalue weighted by molar-refractivity contribution is 1.04. The van der Waals surface area contributed by atoms with E-state index in [1.807, 2.05) is 0 Å². The molecule has 0 bridgehead atoms. The lowest BCUT2D eigenvalue weighted by Crippen LogP contribution is -2.08. The molecule has 0 amide bonds. The van der Waals surface area contributed by atoms with Gasteiger partial charge in [-0.05, 0) is 68.1 Å². The average molecular weight is 432 g/mol. The Hall–Kier alpha value is -4.10. The fourth-order valence-corrected chi connectivity index (χ4v) is 7.10. The van der Waals surface area contributed by atoms with Crippen molar-refractivity contribution in [3.8, 4) is 27.9 Å². The van der Waals surface area contributed by atoms with E-state index in [0.717, 1.165) is 19.3 Å². The van der Waals surface area contributed by atoms with E-state index in [4.69, 9.17) is 0 Å². The first-order valence-corrected chi connectivity index (χ1v) is 12.3. The second kappa shape index (κ2) is 5.87. The maximum Gasteiger partial charge on any atom is 0.0582 e. The van der Waals surface area contributed by atoms with Crippen LogP contribution in [-0.4, -0.2) is 4.57 Å². The van der Waals surface area contributed by atoms with Gasteiger partial charge in [0.25, 0.3) is 0 Å². The summed E-state index contributed by atoms with van der Waals surface area (Å²) in [5, 5.41) is 2.78. The third-order valence-corrected chi connectivity index (χ3v) is 8.50. The molecule has 0 atom stereocenters. The van der Waals surface area contributed by atoms with Gasteiger partial charge in [0.15, 0.2) is 0 Å². The van der Waals surface area contributed by atoms with Gasteiger partial charge in [-0.2, -0.15) is 0 Å². The molecular formula is C33H21N. The highest BCUT2D eigenvalue weighted by molar-refractivity contribution is 6.14. The monoisotopic (exact) mass is 431 g/mol. The minimum atomic E-state index is 1.01. The van der Waals surface area contributed by atoms with Crippen molar-refractivity contribution in [2.24, 2.45) is 0 Å². The van der Waals surface area contributed by atoms with E-state index >= 15 is 0 Å². The quantitative estimate of drug-likeness (QED) is 0.231. The van der Waals surface area contributed by atoms with Gasteiger partial charge in [-0.25, -0.2) is 0 Å². The summed E-state index contributed by atoms with van der Waals surface area (Å²) in [6, 6.07) is 34.3. The molecule has 1 heteroatoms. The number of hydrogen-bond donors (Lipinski definition) is 0. The molecular weight excluding hydrogens is 410 g/mol. The highest BCUT2D eigenvalue weighted by atomic mass is 15.0. The van der Waals surface area contributed by atoms with Gasteiger partial charge in [-0.1, -0.05) is 84.9 Å². The Labute approximate surface area is 197 Å². The minimum absolute atomic E-state index is 1.01. The molecule has 2 aliphatic carbocycles. The zero-order chi connectivity index (χ0) is 22.0. The first kappa shape index (κ1) is 17.4. The zero-order valence-corrected chi connectivity index (χ0v) is 18.7. The largest absolute Gasteiger partial charge is 0.308 e. The van der Waals surface area contributed by atoms with Gasteiger partial charge in [-0.15, -0.1) is 0 Å². The molecule has 9 rings (SSSR count). The molecule has 0 saturated heterocycles. The Kier molecular flexibility index (Phi) is 3.00. The van der Waals surface area contributed by atoms with Crippen LogP contribution in [0.1, 0.15) is 33.4 Å². The molecule has 1 nitrogen and oxygen atoms in total. The first-order chi connectivity index (χ1) is 16.9. The van der Waals surface area contributed by atoms with Gasteiger partial charge >= 0.3 is 0 Å². The van der Waals surface area contributed by atoms with Gasteiger partial charge in [0.1, 0.15) is 0 Å². The van der Waals surface area contributed by atoms with Crippen molar-refractivity contribution >= 4 is 21.8 Å². The van der Waals surface area contributed by atoms with Crippen LogP contribution >= 0.6 is 0 Å². The van der Waals surface area contributed by atoms with E-state index < -0.39 is 0 Å². The average Bonchev–Trinajstić information content (AvgIpc) is 3.55. The first-order valence-electron chi connectivity index (χ1n) is 12.3. The molecule has 0 fully saturated rings. The lowest BCUT2D eigenvalue weighted by atomic mass is 9.96. The van der Waals surface area contributed by atoms with Crippen molar-refractivity contribution in [2.45, 2.75) is 19.3 Å². The zero-order valence-electron chi connectivity index (χ0n) is 18.7. The summed E-state index contributed by atoms with van der Waals surface area (Å²) >= 11 is 0. The topological polar surface area (TPSA) is 4.93 Å². The summed E-state index contributed by atoms with van der Waals surface area (Å²) in [7, 11) is 0. The van der Waals surface area contributed by atoms with Crippen molar-refractivity contribution in [3.05, 3.63) is 124 Å². The van der Waals surface area contributed by atoms with Gasteiger partial charge in [0.05, 0.1) is 11.0 Å². The smallest absolute Gasteiger partial charge is 0.0582 e. The molecule has 1 aromatic heterocycles. The van der Waals surface area contributed by atoms with E-state index in [2.05, 4.69) is 95.6 Å². The molecule has 34 heavy (non-hydrogen) atoms. The maximum atomic E-state index is 2.58. The molecule has 6 aromatic rings. The molecule has 0 N–H and O–H groups in total. The summed E-state index contributed by atoms with van der Waals surface area (Å²) in [6.07, 6.45) is 3.09. The van der Waals surface area contributed by atoms with E-state index in [1.54, 1.807) is 11.1 Å². The highest BCUT2D eigenvalue weighted by Gasteiger charge is 2.31. The Bertz CT molecular complexity index is 1880. The number of nitrogens with zero attached hydrogens (tertiary/aromatic N) is 1. The number of rotatable bonds is 0. The van der Waals surface area contributed by atoms with E-state index in [-0.39, 0.29) is 0 Å². The second-order valence-electron chi connectivity index (χ2n) is 10.1. The summed E-state index contributed by atoms with van der Waals surface area (Å²) in [5.74, 6) is 0. The second-order valence-corrected chi connectivity index (χ2v) is 10.1. The number of aromatic nitrogens is 1. The Morgan fingerprint density at radius 3 is 2.03 bits per heavy atom. The molecule has 0 spiro atoms. The van der Waals surface area contributed by atoms with Crippen LogP contribution in [0.2, 0.25) is 0 Å². The van der Waals surface area contributed by atoms with Crippen LogP contribution in [0.25, 0.3) is 49.7 Å². The predicted molar refractivity (Wildman–Crippen MR) is 140 cm³/mol. The molecule has 2 heterocycles. The Morgan fingerprint density at radius 1 is 0.412 bits per heavy atom. The van der Waals surface area contributed by atoms with E-state index in [9.17, 15) is 0 Å². The van der Waals surface area contributed by atoms with Crippen LogP contribution in [0.4, 0.5) is 0 Å². The van der Waals surface area contributed by atoms with Crippen molar-refractivity contribution < 1.29 is 0 Å². The highest BCUT2D eigenvalue weighted by Crippen LogP contribution is 2.50. The van der Waals surface area contributed by atoms with Gasteiger partial charge in [0.2, 0.25) is 0 Å². The van der Waals surface area contributed by atoms with Crippen LogP contribution in [-0.2, 0) is 19.3 Å².